The van der Waals surface area contributed by atoms with Crippen LogP contribution in [0.2, 0.25) is 0 Å². The Bertz CT molecular complexity index is 1500. The van der Waals surface area contributed by atoms with Crippen LogP contribution in [0.1, 0.15) is 16.7 Å². The monoisotopic (exact) mass is 535 g/mol. The summed E-state index contributed by atoms with van der Waals surface area (Å²) in [5.74, 6) is -0.601. The van der Waals surface area contributed by atoms with E-state index in [0.29, 0.717) is 10.9 Å². The first-order valence-electron chi connectivity index (χ1n) is 10.5. The highest BCUT2D eigenvalue weighted by molar-refractivity contribution is 9.10. The van der Waals surface area contributed by atoms with Crippen LogP contribution in [0.4, 0.5) is 0 Å². The van der Waals surface area contributed by atoms with E-state index in [1.54, 1.807) is 12.1 Å². The topological polar surface area (TPSA) is 72.5 Å². The Morgan fingerprint density at radius 2 is 1.68 bits per heavy atom. The van der Waals surface area contributed by atoms with Gasteiger partial charge in [0.15, 0.2) is 0 Å². The zero-order valence-corrected chi connectivity index (χ0v) is 20.8. The van der Waals surface area contributed by atoms with Gasteiger partial charge in [0, 0.05) is 10.5 Å². The minimum Gasteiger partial charge on any atom is -0.495 e. The SMILES string of the molecule is COc1ccc(Br)cc1S(=O)(=O)NC(=O)/C=C\c1ccccc1Cc1ccc2ccccc2c1. The number of carbonyl (C=O) groups is 1. The number of rotatable bonds is 7. The van der Waals surface area contributed by atoms with Crippen LogP contribution in [0.15, 0.2) is 100 Å². The van der Waals surface area contributed by atoms with Crippen LogP contribution in [0.5, 0.6) is 5.75 Å². The highest BCUT2D eigenvalue weighted by Gasteiger charge is 2.21. The van der Waals surface area contributed by atoms with E-state index in [9.17, 15) is 13.2 Å². The number of benzene rings is 4. The van der Waals surface area contributed by atoms with E-state index in [-0.39, 0.29) is 10.6 Å². The Kier molecular flexibility index (Phi) is 7.14. The maximum Gasteiger partial charge on any atom is 0.268 e. The lowest BCUT2D eigenvalue weighted by molar-refractivity contribution is -0.114. The van der Waals surface area contributed by atoms with Crippen LogP contribution in [-0.4, -0.2) is 21.4 Å². The normalized spacial score (nSPS) is 11.6. The third-order valence-corrected chi connectivity index (χ3v) is 7.19. The van der Waals surface area contributed by atoms with Gasteiger partial charge in [-0.15, -0.1) is 0 Å². The van der Waals surface area contributed by atoms with Crippen molar-refractivity contribution in [2.24, 2.45) is 0 Å². The minimum atomic E-state index is -4.11. The fourth-order valence-corrected chi connectivity index (χ4v) is 5.33. The van der Waals surface area contributed by atoms with Crippen molar-refractivity contribution in [2.45, 2.75) is 11.3 Å². The summed E-state index contributed by atoms with van der Waals surface area (Å²) in [6, 6.07) is 26.8. The van der Waals surface area contributed by atoms with Crippen LogP contribution in [0.25, 0.3) is 16.8 Å². The summed E-state index contributed by atoms with van der Waals surface area (Å²) < 4.78 is 33.2. The first-order chi connectivity index (χ1) is 16.4. The van der Waals surface area contributed by atoms with Crippen LogP contribution >= 0.6 is 15.9 Å². The van der Waals surface area contributed by atoms with Crippen molar-refractivity contribution < 1.29 is 17.9 Å². The van der Waals surface area contributed by atoms with Crippen molar-refractivity contribution in [1.29, 1.82) is 0 Å². The number of ether oxygens (including phenoxy) is 1. The van der Waals surface area contributed by atoms with Crippen LogP contribution < -0.4 is 9.46 Å². The summed E-state index contributed by atoms with van der Waals surface area (Å²) in [4.78, 5) is 12.4. The average Bonchev–Trinajstić information content (AvgIpc) is 2.83. The van der Waals surface area contributed by atoms with E-state index < -0.39 is 15.9 Å². The number of sulfonamides is 1. The molecule has 5 nitrogen and oxygen atoms in total. The lowest BCUT2D eigenvalue weighted by atomic mass is 9.97. The molecule has 172 valence electrons. The fraction of sp³-hybridized carbons (Fsp3) is 0.0741. The van der Waals surface area contributed by atoms with Gasteiger partial charge in [-0.3, -0.25) is 4.79 Å². The molecule has 4 rings (SSSR count). The van der Waals surface area contributed by atoms with E-state index in [1.165, 1.54) is 36.1 Å². The fourth-order valence-electron chi connectivity index (χ4n) is 3.67. The van der Waals surface area contributed by atoms with Crippen molar-refractivity contribution in [3.63, 3.8) is 0 Å². The van der Waals surface area contributed by atoms with Gasteiger partial charge in [0.1, 0.15) is 10.6 Å². The number of fused-ring (bicyclic) bond motifs is 1. The number of carbonyl (C=O) groups excluding carboxylic acids is 1. The molecule has 0 saturated heterocycles. The standard InChI is InChI=1S/C27H22BrNO4S/c1-33-25-14-13-24(28)18-26(25)34(31,32)29-27(30)15-12-21-7-3-5-9-23(21)17-19-10-11-20-6-2-4-8-22(20)16-19/h2-16,18H,17H2,1H3,(H,29,30)/b15-12-. The lowest BCUT2D eigenvalue weighted by Gasteiger charge is -2.10. The Balaban J connectivity index is 1.53. The number of halogens is 1. The Morgan fingerprint density at radius 3 is 2.47 bits per heavy atom. The molecule has 1 amide bonds. The first-order valence-corrected chi connectivity index (χ1v) is 12.8. The van der Waals surface area contributed by atoms with Gasteiger partial charge in [-0.2, -0.15) is 0 Å². The van der Waals surface area contributed by atoms with E-state index >= 15 is 0 Å². The number of nitrogens with one attached hydrogen (secondary N) is 1. The van der Waals surface area contributed by atoms with Crippen LogP contribution in [-0.2, 0) is 21.2 Å². The lowest BCUT2D eigenvalue weighted by Crippen LogP contribution is -2.29. The highest BCUT2D eigenvalue weighted by Crippen LogP contribution is 2.27. The summed E-state index contributed by atoms with van der Waals surface area (Å²) in [7, 11) is -2.74. The maximum absolute atomic E-state index is 12.7. The molecule has 0 aliphatic heterocycles. The van der Waals surface area contributed by atoms with E-state index in [0.717, 1.165) is 16.7 Å². The smallest absolute Gasteiger partial charge is 0.268 e. The van der Waals surface area contributed by atoms with Gasteiger partial charge >= 0.3 is 0 Å². The van der Waals surface area contributed by atoms with Gasteiger partial charge in [0.25, 0.3) is 15.9 Å². The van der Waals surface area contributed by atoms with E-state index in [1.807, 2.05) is 36.4 Å². The number of hydrogen-bond donors (Lipinski definition) is 1. The molecule has 0 heterocycles. The van der Waals surface area contributed by atoms with E-state index in [4.69, 9.17) is 4.74 Å². The van der Waals surface area contributed by atoms with Crippen molar-refractivity contribution in [3.8, 4) is 5.75 Å². The third kappa shape index (κ3) is 5.55. The molecule has 0 saturated carbocycles. The molecule has 0 aromatic heterocycles. The number of methoxy groups -OCH3 is 1. The molecule has 0 aliphatic carbocycles. The van der Waals surface area contributed by atoms with Gasteiger partial charge < -0.3 is 4.74 Å². The summed E-state index contributed by atoms with van der Waals surface area (Å²) in [5, 5.41) is 2.35. The summed E-state index contributed by atoms with van der Waals surface area (Å²) in [6.45, 7) is 0. The van der Waals surface area contributed by atoms with Gasteiger partial charge in [-0.1, -0.05) is 82.7 Å². The third-order valence-electron chi connectivity index (χ3n) is 5.33. The van der Waals surface area contributed by atoms with Crippen LogP contribution in [0.3, 0.4) is 0 Å². The second-order valence-corrected chi connectivity index (χ2v) is 10.2. The van der Waals surface area contributed by atoms with Gasteiger partial charge in [-0.25, -0.2) is 13.1 Å². The first kappa shape index (κ1) is 23.7. The van der Waals surface area contributed by atoms with Crippen molar-refractivity contribution in [1.82, 2.24) is 4.72 Å². The minimum absolute atomic E-state index is 0.122. The van der Waals surface area contributed by atoms with Crippen molar-refractivity contribution >= 4 is 48.7 Å². The van der Waals surface area contributed by atoms with Crippen molar-refractivity contribution in [2.75, 3.05) is 7.11 Å². The second kappa shape index (κ2) is 10.2. The number of amides is 1. The average molecular weight is 536 g/mol. The van der Waals surface area contributed by atoms with Gasteiger partial charge in [0.2, 0.25) is 0 Å². The molecule has 1 N–H and O–H groups in total. The molecular weight excluding hydrogens is 514 g/mol. The molecule has 0 unspecified atom stereocenters. The second-order valence-electron chi connectivity index (χ2n) is 7.66. The van der Waals surface area contributed by atoms with Crippen molar-refractivity contribution in [3.05, 3.63) is 112 Å². The Morgan fingerprint density at radius 1 is 0.941 bits per heavy atom. The molecule has 0 atom stereocenters. The Hall–Kier alpha value is -3.42. The molecule has 0 radical (unpaired) electrons. The number of hydrogen-bond acceptors (Lipinski definition) is 4. The quantitative estimate of drug-likeness (QED) is 0.307. The summed E-state index contributed by atoms with van der Waals surface area (Å²) in [6.07, 6.45) is 3.53. The van der Waals surface area contributed by atoms with Gasteiger partial charge in [-0.05, 0) is 58.2 Å². The zero-order chi connectivity index (χ0) is 24.1. The predicted molar refractivity (Wildman–Crippen MR) is 138 cm³/mol. The Labute approximate surface area is 207 Å². The predicted octanol–water partition coefficient (Wildman–Crippen LogP) is 5.72. The maximum atomic E-state index is 12.7. The van der Waals surface area contributed by atoms with Gasteiger partial charge in [0.05, 0.1) is 7.11 Å². The summed E-state index contributed by atoms with van der Waals surface area (Å²) >= 11 is 3.25. The molecule has 4 aromatic rings. The molecule has 0 aliphatic rings. The molecular formula is C27H22BrNO4S. The molecule has 7 heteroatoms. The van der Waals surface area contributed by atoms with E-state index in [2.05, 4.69) is 51.0 Å². The highest BCUT2D eigenvalue weighted by atomic mass is 79.9. The largest absolute Gasteiger partial charge is 0.495 e. The molecule has 0 bridgehead atoms. The molecule has 0 fully saturated rings. The molecule has 4 aromatic carbocycles. The zero-order valence-electron chi connectivity index (χ0n) is 18.4. The molecule has 34 heavy (non-hydrogen) atoms. The van der Waals surface area contributed by atoms with Crippen LogP contribution in [0, 0.1) is 0 Å². The summed E-state index contributed by atoms with van der Waals surface area (Å²) in [5.41, 5.74) is 3.01. The molecule has 0 spiro atoms.